The van der Waals surface area contributed by atoms with Gasteiger partial charge in [-0.2, -0.15) is 0 Å². The smallest absolute Gasteiger partial charge is 0.247 e. The number of amides is 1. The number of rotatable bonds is 4. The van der Waals surface area contributed by atoms with Crippen molar-refractivity contribution in [2.24, 2.45) is 17.3 Å². The van der Waals surface area contributed by atoms with Crippen molar-refractivity contribution < 1.29 is 38.0 Å². The lowest BCUT2D eigenvalue weighted by Crippen LogP contribution is -2.45. The lowest BCUT2D eigenvalue weighted by Gasteiger charge is -2.50. The van der Waals surface area contributed by atoms with Crippen LogP contribution in [0, 0.1) is 17.3 Å². The first kappa shape index (κ1) is 31.4. The maximum Gasteiger partial charge on any atom is 0.247 e. The molecule has 5 atom stereocenters. The Morgan fingerprint density at radius 3 is 2.29 bits per heavy atom. The highest BCUT2D eigenvalue weighted by atomic mass is 16.6. The number of hydrogen-bond donors (Lipinski definition) is 1. The van der Waals surface area contributed by atoms with Gasteiger partial charge < -0.3 is 38.5 Å². The van der Waals surface area contributed by atoms with Crippen molar-refractivity contribution >= 4 is 5.91 Å². The van der Waals surface area contributed by atoms with Crippen LogP contribution in [0.15, 0.2) is 29.8 Å². The van der Waals surface area contributed by atoms with E-state index in [2.05, 4.69) is 36.5 Å². The average molecular weight is 588 g/mol. The second-order valence-corrected chi connectivity index (χ2v) is 12.0. The Hall–Kier alpha value is -2.01. The van der Waals surface area contributed by atoms with E-state index >= 15 is 0 Å². The van der Waals surface area contributed by atoms with Gasteiger partial charge in [-0.3, -0.25) is 4.79 Å². The molecule has 1 aromatic carbocycles. The molecule has 1 unspecified atom stereocenters. The Morgan fingerprint density at radius 2 is 1.60 bits per heavy atom. The molecular weight excluding hydrogens is 538 g/mol. The number of carbonyl (C=O) groups is 1. The molecule has 0 spiro atoms. The Morgan fingerprint density at radius 1 is 0.929 bits per heavy atom. The molecule has 0 aromatic heterocycles. The molecule has 42 heavy (non-hydrogen) atoms. The van der Waals surface area contributed by atoms with E-state index < -0.39 is 0 Å². The largest absolute Gasteiger partial charge is 0.497 e. The van der Waals surface area contributed by atoms with E-state index in [1.165, 1.54) is 17.5 Å². The summed E-state index contributed by atoms with van der Waals surface area (Å²) in [5.41, 5.74) is 3.78. The summed E-state index contributed by atoms with van der Waals surface area (Å²) in [6.07, 6.45) is 7.30. The number of carbonyl (C=O) groups excluding carboxylic acids is 1. The summed E-state index contributed by atoms with van der Waals surface area (Å²) in [5.74, 6) is 2.63. The number of nitrogens with one attached hydrogen (secondary N) is 1. The molecule has 0 radical (unpaired) electrons. The molecule has 3 aliphatic carbocycles. The second-order valence-electron chi connectivity index (χ2n) is 12.0. The summed E-state index contributed by atoms with van der Waals surface area (Å²) in [6.45, 7) is 8.01. The maximum atomic E-state index is 13.6. The van der Waals surface area contributed by atoms with E-state index in [-0.39, 0.29) is 17.4 Å². The number of hydrogen-bond acceptors (Lipinski definition) is 8. The van der Waals surface area contributed by atoms with Crippen molar-refractivity contribution in [1.29, 1.82) is 0 Å². The first-order valence-electron chi connectivity index (χ1n) is 15.8. The van der Waals surface area contributed by atoms with Crippen LogP contribution >= 0.6 is 0 Å². The van der Waals surface area contributed by atoms with Crippen LogP contribution in [-0.2, 0) is 39.6 Å². The summed E-state index contributed by atoms with van der Waals surface area (Å²) in [7, 11) is 1.74. The lowest BCUT2D eigenvalue weighted by atomic mass is 9.54. The van der Waals surface area contributed by atoms with Gasteiger partial charge in [0.25, 0.3) is 0 Å². The van der Waals surface area contributed by atoms with Gasteiger partial charge in [-0.05, 0) is 73.1 Å². The first-order chi connectivity index (χ1) is 20.6. The molecule has 9 nitrogen and oxygen atoms in total. The molecular formula is C33H49NO8. The van der Waals surface area contributed by atoms with Crippen LogP contribution in [0.25, 0.3) is 0 Å². The zero-order valence-electron chi connectivity index (χ0n) is 25.4. The zero-order valence-corrected chi connectivity index (χ0v) is 25.4. The Bertz CT molecular complexity index is 1030. The van der Waals surface area contributed by atoms with Crippen molar-refractivity contribution in [3.63, 3.8) is 0 Å². The number of fused-ring (bicyclic) bond motifs is 5. The van der Waals surface area contributed by atoms with E-state index in [1.54, 1.807) is 7.11 Å². The molecule has 5 rings (SSSR count). The Kier molecular flexibility index (Phi) is 11.7. The SMILES string of the molecule is COc1ccc2c(c1)CC[C@@H]1[C@@H]2CC[C@]2(C)C(C(=O)NCC3COCCOCCOCCOCCOCCO3)=CC[C@@H]12. The van der Waals surface area contributed by atoms with E-state index in [9.17, 15) is 4.79 Å². The second kappa shape index (κ2) is 15.6. The third-order valence-corrected chi connectivity index (χ3v) is 9.62. The normalized spacial score (nSPS) is 31.8. The highest BCUT2D eigenvalue weighted by Gasteiger charge is 2.53. The van der Waals surface area contributed by atoms with Crippen LogP contribution < -0.4 is 10.1 Å². The minimum Gasteiger partial charge on any atom is -0.497 e. The minimum atomic E-state index is -0.274. The topological polar surface area (TPSA) is 93.7 Å². The van der Waals surface area contributed by atoms with E-state index in [4.69, 9.17) is 33.2 Å². The number of methoxy groups -OCH3 is 1. The molecule has 1 aliphatic heterocycles. The fourth-order valence-electron chi connectivity index (χ4n) is 7.44. The quantitative estimate of drug-likeness (QED) is 0.571. The van der Waals surface area contributed by atoms with Crippen LogP contribution in [-0.4, -0.2) is 98.3 Å². The van der Waals surface area contributed by atoms with Gasteiger partial charge in [-0.1, -0.05) is 19.1 Å². The summed E-state index contributed by atoms with van der Waals surface area (Å²) >= 11 is 0. The van der Waals surface area contributed by atoms with Gasteiger partial charge in [0.2, 0.25) is 5.91 Å². The van der Waals surface area contributed by atoms with Crippen molar-refractivity contribution in [2.75, 3.05) is 86.3 Å². The van der Waals surface area contributed by atoms with E-state index in [0.717, 1.165) is 37.0 Å². The molecule has 1 saturated carbocycles. The van der Waals surface area contributed by atoms with Crippen molar-refractivity contribution in [1.82, 2.24) is 5.32 Å². The third-order valence-electron chi connectivity index (χ3n) is 9.62. The number of benzene rings is 1. The third kappa shape index (κ3) is 7.73. The molecule has 4 aliphatic rings. The Balaban J connectivity index is 1.14. The summed E-state index contributed by atoms with van der Waals surface area (Å²) in [4.78, 5) is 13.6. The van der Waals surface area contributed by atoms with Crippen LogP contribution in [0.4, 0.5) is 0 Å². The fourth-order valence-corrected chi connectivity index (χ4v) is 7.44. The van der Waals surface area contributed by atoms with E-state index in [0.29, 0.717) is 97.0 Å². The first-order valence-corrected chi connectivity index (χ1v) is 15.8. The molecule has 2 fully saturated rings. The van der Waals surface area contributed by atoms with Crippen LogP contribution in [0.5, 0.6) is 5.75 Å². The molecule has 1 aromatic rings. The monoisotopic (exact) mass is 587 g/mol. The number of aryl methyl sites for hydroxylation is 1. The predicted molar refractivity (Wildman–Crippen MR) is 158 cm³/mol. The summed E-state index contributed by atoms with van der Waals surface area (Å²) < 4.78 is 39.6. The Labute approximate surface area is 250 Å². The standard InChI is InChI=1S/C33H49NO8/c1-33-10-9-28-27-6-4-25(36-2)21-24(27)3-5-29(28)30(33)7-8-31(33)32(35)34-22-26-23-41-18-17-39-14-13-37-11-12-38-15-16-40-19-20-42-26/h4,6,8,21,26,28-30H,3,5,7,9-20,22-23H2,1-2H3,(H,34,35)/t26?,28-,29-,30+,33+/m1/s1. The summed E-state index contributed by atoms with van der Waals surface area (Å²) in [5, 5.41) is 3.19. The van der Waals surface area contributed by atoms with Crippen LogP contribution in [0.2, 0.25) is 0 Å². The van der Waals surface area contributed by atoms with Crippen molar-refractivity contribution in [2.45, 2.75) is 51.0 Å². The van der Waals surface area contributed by atoms with E-state index in [1.807, 2.05) is 0 Å². The van der Waals surface area contributed by atoms with Gasteiger partial charge >= 0.3 is 0 Å². The summed E-state index contributed by atoms with van der Waals surface area (Å²) in [6, 6.07) is 6.60. The van der Waals surface area contributed by atoms with Gasteiger partial charge in [0.15, 0.2) is 0 Å². The van der Waals surface area contributed by atoms with Gasteiger partial charge in [0, 0.05) is 17.5 Å². The van der Waals surface area contributed by atoms with Gasteiger partial charge in [-0.25, -0.2) is 0 Å². The molecule has 1 amide bonds. The minimum absolute atomic E-state index is 0.0270. The van der Waals surface area contributed by atoms with Gasteiger partial charge in [0.1, 0.15) is 5.75 Å². The van der Waals surface area contributed by atoms with Crippen molar-refractivity contribution in [3.8, 4) is 5.75 Å². The lowest BCUT2D eigenvalue weighted by molar-refractivity contribution is -0.120. The molecule has 0 bridgehead atoms. The highest BCUT2D eigenvalue weighted by Crippen LogP contribution is 2.61. The molecule has 1 saturated heterocycles. The van der Waals surface area contributed by atoms with Crippen LogP contribution in [0.1, 0.15) is 49.7 Å². The number of allylic oxidation sites excluding steroid dienone is 1. The molecule has 1 heterocycles. The predicted octanol–water partition coefficient (Wildman–Crippen LogP) is 3.69. The average Bonchev–Trinajstić information content (AvgIpc) is 3.37. The van der Waals surface area contributed by atoms with Gasteiger partial charge in [-0.15, -0.1) is 0 Å². The highest BCUT2D eigenvalue weighted by molar-refractivity contribution is 5.95. The molecule has 9 heteroatoms. The zero-order chi connectivity index (χ0) is 29.2. The fraction of sp³-hybridized carbons (Fsp3) is 0.727. The van der Waals surface area contributed by atoms with Crippen molar-refractivity contribution in [3.05, 3.63) is 41.0 Å². The van der Waals surface area contributed by atoms with Crippen LogP contribution in [0.3, 0.4) is 0 Å². The molecule has 234 valence electrons. The molecule has 1 N–H and O–H groups in total. The van der Waals surface area contributed by atoms with Gasteiger partial charge in [0.05, 0.1) is 85.9 Å². The maximum absolute atomic E-state index is 13.6. The number of ether oxygens (including phenoxy) is 7.